The number of hydrogen-bond acceptors (Lipinski definition) is 5. The van der Waals surface area contributed by atoms with Crippen molar-refractivity contribution >= 4 is 18.2 Å². The number of aromatic nitrogens is 2. The molecule has 1 aromatic rings. The third-order valence-electron chi connectivity index (χ3n) is 3.57. The van der Waals surface area contributed by atoms with Gasteiger partial charge in [-0.2, -0.15) is 8.78 Å². The molecule has 0 unspecified atom stereocenters. The lowest BCUT2D eigenvalue weighted by Gasteiger charge is -2.29. The fraction of sp³-hybridized carbons (Fsp3) is 0.667. The van der Waals surface area contributed by atoms with E-state index in [-0.39, 0.29) is 5.69 Å². The van der Waals surface area contributed by atoms with Gasteiger partial charge in [-0.1, -0.05) is 31.0 Å². The molecule has 0 spiro atoms. The number of ether oxygens (including phenoxy) is 1. The summed E-state index contributed by atoms with van der Waals surface area (Å²) in [7, 11) is 1.31. The van der Waals surface area contributed by atoms with E-state index in [1.54, 1.807) is 13.2 Å². The van der Waals surface area contributed by atoms with Crippen LogP contribution in [0.1, 0.15) is 43.5 Å². The molecular formula is C15H22F2N2O2S. The van der Waals surface area contributed by atoms with E-state index in [4.69, 9.17) is 4.79 Å². The Labute approximate surface area is 134 Å². The van der Waals surface area contributed by atoms with Crippen LogP contribution in [0.5, 0.6) is 0 Å². The lowest BCUT2D eigenvalue weighted by atomic mass is 9.83. The Hall–Kier alpha value is -1.24. The van der Waals surface area contributed by atoms with E-state index in [9.17, 15) is 8.78 Å². The van der Waals surface area contributed by atoms with Gasteiger partial charge in [0.2, 0.25) is 0 Å². The molecule has 1 heterocycles. The van der Waals surface area contributed by atoms with Gasteiger partial charge in [0.1, 0.15) is 5.69 Å². The van der Waals surface area contributed by atoms with E-state index < -0.39 is 11.8 Å². The van der Waals surface area contributed by atoms with Gasteiger partial charge in [0.05, 0.1) is 7.11 Å². The Morgan fingerprint density at radius 2 is 1.91 bits per heavy atom. The van der Waals surface area contributed by atoms with E-state index in [1.165, 1.54) is 24.9 Å². The summed E-state index contributed by atoms with van der Waals surface area (Å²) < 4.78 is 32.7. The van der Waals surface area contributed by atoms with Crippen molar-refractivity contribution in [3.63, 3.8) is 0 Å². The molecule has 0 saturated heterocycles. The zero-order valence-electron chi connectivity index (χ0n) is 13.1. The highest BCUT2D eigenvalue weighted by atomic mass is 32.2. The summed E-state index contributed by atoms with van der Waals surface area (Å²) in [6, 6.07) is 1.42. The quantitative estimate of drug-likeness (QED) is 0.474. The predicted molar refractivity (Wildman–Crippen MR) is 82.1 cm³/mol. The molecule has 1 aliphatic carbocycles. The van der Waals surface area contributed by atoms with Crippen molar-refractivity contribution in [1.82, 2.24) is 9.97 Å². The van der Waals surface area contributed by atoms with Crippen molar-refractivity contribution in [3.05, 3.63) is 17.5 Å². The molecule has 0 N–H and O–H groups in total. The first-order valence-corrected chi connectivity index (χ1v) is 8.42. The number of nitrogens with zero attached hydrogens (tertiary/aromatic N) is 2. The van der Waals surface area contributed by atoms with Crippen LogP contribution in [0.2, 0.25) is 0 Å². The largest absolute Gasteiger partial charge is 0.471 e. The number of aryl methyl sites for hydroxylation is 1. The van der Waals surface area contributed by atoms with Crippen molar-refractivity contribution in [1.29, 1.82) is 0 Å². The third kappa shape index (κ3) is 5.19. The maximum atomic E-state index is 14.4. The number of rotatable bonds is 4. The molecule has 22 heavy (non-hydrogen) atoms. The highest BCUT2D eigenvalue weighted by Crippen LogP contribution is 2.43. The number of alkyl halides is 2. The molecule has 7 heteroatoms. The molecule has 4 nitrogen and oxygen atoms in total. The van der Waals surface area contributed by atoms with Gasteiger partial charge in [-0.15, -0.1) is 0 Å². The first-order chi connectivity index (χ1) is 10.5. The van der Waals surface area contributed by atoms with E-state index in [2.05, 4.69) is 14.7 Å². The van der Waals surface area contributed by atoms with Gasteiger partial charge in [0.25, 0.3) is 12.4 Å². The van der Waals surface area contributed by atoms with Crippen LogP contribution < -0.4 is 0 Å². The van der Waals surface area contributed by atoms with Crippen LogP contribution in [0.3, 0.4) is 0 Å². The Bertz CT molecular complexity index is 481. The van der Waals surface area contributed by atoms with Crippen molar-refractivity contribution in [3.8, 4) is 0 Å². The molecule has 0 aliphatic heterocycles. The molecule has 1 aliphatic rings. The van der Waals surface area contributed by atoms with Crippen LogP contribution >= 0.6 is 11.8 Å². The van der Waals surface area contributed by atoms with E-state index in [1.807, 2.05) is 0 Å². The molecule has 0 bridgehead atoms. The van der Waals surface area contributed by atoms with Gasteiger partial charge < -0.3 is 4.74 Å². The highest BCUT2D eigenvalue weighted by molar-refractivity contribution is 7.98. The van der Waals surface area contributed by atoms with Gasteiger partial charge in [-0.05, 0) is 32.1 Å². The number of thioether (sulfide) groups is 1. The molecule has 0 radical (unpaired) electrons. The zero-order chi connectivity index (χ0) is 16.6. The molecule has 0 aromatic carbocycles. The van der Waals surface area contributed by atoms with Crippen molar-refractivity contribution in [2.45, 2.75) is 50.1 Å². The standard InChI is InChI=1S/C13H18F2N2S.C2H4O2/c1-9-8-11(17-12(16-9)18-2)13(14,15)10-6-4-3-5-7-10;1-4-2-3/h8,10H,3-7H2,1-2H3;2H,1H3. The second-order valence-corrected chi connectivity index (χ2v) is 5.94. The summed E-state index contributed by atoms with van der Waals surface area (Å²) in [5.74, 6) is -3.38. The van der Waals surface area contributed by atoms with Crippen molar-refractivity contribution in [2.75, 3.05) is 13.4 Å². The second kappa shape index (κ2) is 9.02. The lowest BCUT2D eigenvalue weighted by molar-refractivity contribution is -0.126. The number of hydrogen-bond donors (Lipinski definition) is 0. The van der Waals surface area contributed by atoms with Crippen LogP contribution in [-0.4, -0.2) is 29.8 Å². The first-order valence-electron chi connectivity index (χ1n) is 7.20. The predicted octanol–water partition coefficient (Wildman–Crippen LogP) is 3.97. The summed E-state index contributed by atoms with van der Waals surface area (Å²) in [6.45, 7) is 2.11. The number of halogens is 2. The van der Waals surface area contributed by atoms with E-state index in [0.717, 1.165) is 19.3 Å². The summed E-state index contributed by atoms with van der Waals surface area (Å²) in [6.07, 6.45) is 5.89. The van der Waals surface area contributed by atoms with Crippen LogP contribution in [0.15, 0.2) is 11.2 Å². The van der Waals surface area contributed by atoms with Crippen molar-refractivity contribution in [2.24, 2.45) is 5.92 Å². The summed E-state index contributed by atoms with van der Waals surface area (Å²) in [5.41, 5.74) is 0.506. The Morgan fingerprint density at radius 3 is 2.41 bits per heavy atom. The molecule has 1 aromatic heterocycles. The van der Waals surface area contributed by atoms with Gasteiger partial charge in [-0.25, -0.2) is 9.97 Å². The minimum Gasteiger partial charge on any atom is -0.471 e. The average Bonchev–Trinajstić information content (AvgIpc) is 2.55. The summed E-state index contributed by atoms with van der Waals surface area (Å²) in [5, 5.41) is 0.431. The first kappa shape index (κ1) is 18.8. The maximum Gasteiger partial charge on any atom is 0.292 e. The zero-order valence-corrected chi connectivity index (χ0v) is 14.0. The average molecular weight is 332 g/mol. The van der Waals surface area contributed by atoms with Gasteiger partial charge in [0, 0.05) is 11.6 Å². The Balaban J connectivity index is 0.000000541. The van der Waals surface area contributed by atoms with Gasteiger partial charge in [-0.3, -0.25) is 4.79 Å². The molecule has 2 rings (SSSR count). The fourth-order valence-corrected chi connectivity index (χ4v) is 2.90. The Morgan fingerprint density at radius 1 is 1.32 bits per heavy atom. The second-order valence-electron chi connectivity index (χ2n) is 5.17. The van der Waals surface area contributed by atoms with Crippen molar-refractivity contribution < 1.29 is 18.3 Å². The normalized spacial score (nSPS) is 15.7. The molecule has 0 amide bonds. The monoisotopic (exact) mass is 332 g/mol. The van der Waals surface area contributed by atoms with Gasteiger partial charge in [0.15, 0.2) is 5.16 Å². The minimum absolute atomic E-state index is 0.105. The van der Waals surface area contributed by atoms with Crippen LogP contribution in [0, 0.1) is 12.8 Å². The van der Waals surface area contributed by atoms with Crippen LogP contribution in [-0.2, 0) is 15.5 Å². The highest BCUT2D eigenvalue weighted by Gasteiger charge is 2.43. The molecule has 0 atom stereocenters. The van der Waals surface area contributed by atoms with E-state index >= 15 is 0 Å². The van der Waals surface area contributed by atoms with E-state index in [0.29, 0.717) is 30.2 Å². The number of carbonyl (C=O) groups is 1. The minimum atomic E-state index is -2.82. The Kier molecular flexibility index (Phi) is 7.72. The number of carbonyl (C=O) groups excluding carboxylic acids is 1. The lowest BCUT2D eigenvalue weighted by Crippen LogP contribution is -2.29. The smallest absolute Gasteiger partial charge is 0.292 e. The summed E-state index contributed by atoms with van der Waals surface area (Å²) >= 11 is 1.30. The fourth-order valence-electron chi connectivity index (χ4n) is 2.48. The SMILES string of the molecule is COC=O.CSc1nc(C)cc(C(F)(F)C2CCCCC2)n1. The topological polar surface area (TPSA) is 52.1 Å². The van der Waals surface area contributed by atoms with Gasteiger partial charge >= 0.3 is 0 Å². The molecular weight excluding hydrogens is 310 g/mol. The summed E-state index contributed by atoms with van der Waals surface area (Å²) in [4.78, 5) is 17.1. The molecule has 1 fully saturated rings. The van der Waals surface area contributed by atoms with Crippen LogP contribution in [0.4, 0.5) is 8.78 Å². The third-order valence-corrected chi connectivity index (χ3v) is 4.12. The number of methoxy groups -OCH3 is 1. The molecule has 124 valence electrons. The van der Waals surface area contributed by atoms with Crippen LogP contribution in [0.25, 0.3) is 0 Å². The maximum absolute atomic E-state index is 14.4. The molecule has 1 saturated carbocycles.